The first kappa shape index (κ1) is 22.0. The van der Waals surface area contributed by atoms with Crippen LogP contribution in [0.25, 0.3) is 0 Å². The first-order valence-corrected chi connectivity index (χ1v) is 10.1. The number of amides is 1. The molecule has 0 bridgehead atoms. The molecule has 1 aromatic carbocycles. The number of nitro groups is 1. The van der Waals surface area contributed by atoms with Crippen LogP contribution in [0.15, 0.2) is 58.2 Å². The van der Waals surface area contributed by atoms with Gasteiger partial charge in [-0.15, -0.1) is 0 Å². The third-order valence-electron chi connectivity index (χ3n) is 4.00. The first-order chi connectivity index (χ1) is 14.8. The molecule has 0 spiro atoms. The summed E-state index contributed by atoms with van der Waals surface area (Å²) in [7, 11) is 0. The number of rotatable bonds is 8. The van der Waals surface area contributed by atoms with Crippen LogP contribution in [0.3, 0.4) is 0 Å². The number of anilines is 1. The molecular weight excluding hydrogens is 424 g/mol. The molecule has 1 N–H and O–H groups in total. The van der Waals surface area contributed by atoms with Crippen LogP contribution in [0.1, 0.15) is 28.7 Å². The maximum absolute atomic E-state index is 12.6. The van der Waals surface area contributed by atoms with E-state index in [1.165, 1.54) is 43.0 Å². The Balaban J connectivity index is 1.63. The van der Waals surface area contributed by atoms with Crippen molar-refractivity contribution >= 4 is 35.0 Å². The molecule has 0 aliphatic heterocycles. The number of aromatic nitrogens is 2. The molecule has 0 saturated heterocycles. The van der Waals surface area contributed by atoms with Crippen LogP contribution < -0.4 is 5.32 Å². The zero-order chi connectivity index (χ0) is 22.4. The number of carbonyl (C=O) groups is 2. The summed E-state index contributed by atoms with van der Waals surface area (Å²) in [5, 5.41) is 17.7. The maximum Gasteiger partial charge on any atom is 0.341 e. The zero-order valence-corrected chi connectivity index (χ0v) is 17.4. The molecule has 0 aliphatic rings. The molecule has 3 aromatic rings. The predicted octanol–water partition coefficient (Wildman–Crippen LogP) is 3.76. The number of nitrogens with zero attached hydrogens (tertiary/aromatic N) is 3. The Kier molecular flexibility index (Phi) is 6.98. The average Bonchev–Trinajstić information content (AvgIpc) is 3.17. The Bertz CT molecular complexity index is 1120. The number of esters is 1. The number of carbonyl (C=O) groups excluding carboxylic acids is 2. The van der Waals surface area contributed by atoms with E-state index in [0.717, 1.165) is 0 Å². The van der Waals surface area contributed by atoms with E-state index in [0.29, 0.717) is 22.2 Å². The van der Waals surface area contributed by atoms with Gasteiger partial charge in [-0.2, -0.15) is 0 Å². The number of hydrogen-bond donors (Lipinski definition) is 1. The Hall–Kier alpha value is -3.73. The monoisotopic (exact) mass is 442 g/mol. The summed E-state index contributed by atoms with van der Waals surface area (Å²) in [5.41, 5.74) is 0.976. The minimum atomic E-state index is -1.14. The van der Waals surface area contributed by atoms with E-state index in [1.807, 2.05) is 0 Å². The van der Waals surface area contributed by atoms with E-state index in [4.69, 9.17) is 9.26 Å². The average molecular weight is 442 g/mol. The van der Waals surface area contributed by atoms with Gasteiger partial charge in [-0.1, -0.05) is 23.0 Å². The lowest BCUT2D eigenvalue weighted by atomic mass is 10.2. The second kappa shape index (κ2) is 9.85. The second-order valence-electron chi connectivity index (χ2n) is 6.42. The normalized spacial score (nSPS) is 11.5. The van der Waals surface area contributed by atoms with Crippen molar-refractivity contribution in [1.82, 2.24) is 10.1 Å². The van der Waals surface area contributed by atoms with Gasteiger partial charge in [-0.05, 0) is 32.0 Å². The van der Waals surface area contributed by atoms with Crippen LogP contribution in [0.2, 0.25) is 0 Å². The van der Waals surface area contributed by atoms with Crippen molar-refractivity contribution in [2.75, 3.05) is 5.32 Å². The Labute approximate surface area is 181 Å². The third kappa shape index (κ3) is 5.89. The van der Waals surface area contributed by atoms with E-state index in [1.54, 1.807) is 31.3 Å². The number of benzene rings is 1. The molecule has 1 amide bonds. The predicted molar refractivity (Wildman–Crippen MR) is 112 cm³/mol. The number of hydrogen-bond acceptors (Lipinski definition) is 9. The second-order valence-corrected chi connectivity index (χ2v) is 7.38. The summed E-state index contributed by atoms with van der Waals surface area (Å²) in [6.45, 7) is 3.19. The van der Waals surface area contributed by atoms with Crippen molar-refractivity contribution in [2.45, 2.75) is 30.7 Å². The van der Waals surface area contributed by atoms with Gasteiger partial charge in [0.05, 0.1) is 16.2 Å². The summed E-state index contributed by atoms with van der Waals surface area (Å²) < 4.78 is 10.3. The quantitative estimate of drug-likeness (QED) is 0.239. The van der Waals surface area contributed by atoms with Crippen molar-refractivity contribution in [3.63, 3.8) is 0 Å². The van der Waals surface area contributed by atoms with E-state index in [9.17, 15) is 19.7 Å². The lowest BCUT2D eigenvalue weighted by Gasteiger charge is -2.14. The first-order valence-electron chi connectivity index (χ1n) is 9.10. The van der Waals surface area contributed by atoms with Crippen molar-refractivity contribution in [3.8, 4) is 0 Å². The fourth-order valence-electron chi connectivity index (χ4n) is 2.51. The van der Waals surface area contributed by atoms with Crippen molar-refractivity contribution in [1.29, 1.82) is 0 Å². The summed E-state index contributed by atoms with van der Waals surface area (Å²) in [6.07, 6.45) is 0.411. The smallest absolute Gasteiger partial charge is 0.341 e. The zero-order valence-electron chi connectivity index (χ0n) is 16.6. The number of thioether (sulfide) groups is 1. The lowest BCUT2D eigenvalue weighted by Crippen LogP contribution is -2.30. The molecule has 160 valence electrons. The van der Waals surface area contributed by atoms with Gasteiger partial charge in [0.25, 0.3) is 11.6 Å². The summed E-state index contributed by atoms with van der Waals surface area (Å²) in [4.78, 5) is 39.5. The van der Waals surface area contributed by atoms with Crippen LogP contribution in [-0.2, 0) is 15.3 Å². The van der Waals surface area contributed by atoms with E-state index in [-0.39, 0.29) is 16.9 Å². The lowest BCUT2D eigenvalue weighted by molar-refractivity contribution is -0.384. The SMILES string of the molecule is Cc1cc(CSc2ncccc2C(=O)OC(C)C(=O)Nc2cccc([N+](=O)[O-])c2)no1. The fraction of sp³-hybridized carbons (Fsp3) is 0.200. The van der Waals surface area contributed by atoms with Gasteiger partial charge in [0.1, 0.15) is 10.8 Å². The topological polar surface area (TPSA) is 137 Å². The molecule has 2 heterocycles. The minimum Gasteiger partial charge on any atom is -0.449 e. The highest BCUT2D eigenvalue weighted by Crippen LogP contribution is 2.25. The van der Waals surface area contributed by atoms with Gasteiger partial charge in [0, 0.05) is 35.8 Å². The summed E-state index contributed by atoms with van der Waals surface area (Å²) in [5.74, 6) is -0.212. The largest absolute Gasteiger partial charge is 0.449 e. The minimum absolute atomic E-state index is 0.165. The molecule has 3 rings (SSSR count). The Morgan fingerprint density at radius 2 is 2.10 bits per heavy atom. The van der Waals surface area contributed by atoms with Gasteiger partial charge in [0.15, 0.2) is 6.10 Å². The molecule has 2 aromatic heterocycles. The van der Waals surface area contributed by atoms with Crippen LogP contribution in [0.5, 0.6) is 0 Å². The van der Waals surface area contributed by atoms with Gasteiger partial charge in [-0.3, -0.25) is 14.9 Å². The van der Waals surface area contributed by atoms with Crippen molar-refractivity contribution < 1.29 is 23.8 Å². The van der Waals surface area contributed by atoms with Crippen LogP contribution in [0.4, 0.5) is 11.4 Å². The highest BCUT2D eigenvalue weighted by Gasteiger charge is 2.22. The van der Waals surface area contributed by atoms with Gasteiger partial charge in [0.2, 0.25) is 0 Å². The van der Waals surface area contributed by atoms with E-state index in [2.05, 4.69) is 15.5 Å². The summed E-state index contributed by atoms with van der Waals surface area (Å²) >= 11 is 1.29. The third-order valence-corrected chi connectivity index (χ3v) is 5.04. The molecule has 0 aliphatic carbocycles. The standard InChI is InChI=1S/C20H18N4O6S/c1-12-9-15(23-30-12)11-31-19-17(7-4-8-21-19)20(26)29-13(2)18(25)22-14-5-3-6-16(10-14)24(27)28/h3-10,13H,11H2,1-2H3,(H,22,25). The number of aryl methyl sites for hydroxylation is 1. The molecule has 1 unspecified atom stereocenters. The molecule has 31 heavy (non-hydrogen) atoms. The Morgan fingerprint density at radius 3 is 2.81 bits per heavy atom. The van der Waals surface area contributed by atoms with Gasteiger partial charge >= 0.3 is 5.97 Å². The van der Waals surface area contributed by atoms with Gasteiger partial charge in [-0.25, -0.2) is 9.78 Å². The number of non-ortho nitro benzene ring substituents is 1. The molecular formula is C20H18N4O6S. The van der Waals surface area contributed by atoms with Crippen LogP contribution in [-0.4, -0.2) is 33.0 Å². The van der Waals surface area contributed by atoms with Crippen LogP contribution in [0, 0.1) is 17.0 Å². The Morgan fingerprint density at radius 1 is 1.29 bits per heavy atom. The fourth-order valence-corrected chi connectivity index (χ4v) is 3.37. The molecule has 10 nitrogen and oxygen atoms in total. The molecule has 0 fully saturated rings. The summed E-state index contributed by atoms with van der Waals surface area (Å²) in [6, 6.07) is 10.4. The van der Waals surface area contributed by atoms with E-state index < -0.39 is 22.9 Å². The number of ether oxygens (including phenoxy) is 1. The number of nitrogens with one attached hydrogen (secondary N) is 1. The van der Waals surface area contributed by atoms with Crippen molar-refractivity contribution in [3.05, 3.63) is 75.8 Å². The van der Waals surface area contributed by atoms with Crippen LogP contribution >= 0.6 is 11.8 Å². The number of nitro benzene ring substituents is 1. The van der Waals surface area contributed by atoms with Gasteiger partial charge < -0.3 is 14.6 Å². The molecule has 0 saturated carbocycles. The molecule has 1 atom stereocenters. The maximum atomic E-state index is 12.6. The molecule has 0 radical (unpaired) electrons. The van der Waals surface area contributed by atoms with E-state index >= 15 is 0 Å². The van der Waals surface area contributed by atoms with Crippen molar-refractivity contribution in [2.24, 2.45) is 0 Å². The molecule has 11 heteroatoms. The highest BCUT2D eigenvalue weighted by atomic mass is 32.2. The highest BCUT2D eigenvalue weighted by molar-refractivity contribution is 7.98. The number of pyridine rings is 1.